The Hall–Kier alpha value is -3.18. The molecule has 1 atom stereocenters. The molecule has 0 saturated carbocycles. The molecule has 26 heavy (non-hydrogen) atoms. The van der Waals surface area contributed by atoms with E-state index >= 15 is 0 Å². The minimum atomic E-state index is -0.238. The van der Waals surface area contributed by atoms with Crippen LogP contribution < -0.4 is 10.9 Å². The number of carbonyl (C=O) groups excluding carboxylic acids is 1. The molecule has 1 saturated heterocycles. The summed E-state index contributed by atoms with van der Waals surface area (Å²) in [6, 6.07) is 8.60. The highest BCUT2D eigenvalue weighted by molar-refractivity contribution is 5.94. The van der Waals surface area contributed by atoms with Gasteiger partial charge in [-0.15, -0.1) is 0 Å². The number of aromatic nitrogens is 2. The molecule has 2 heterocycles. The van der Waals surface area contributed by atoms with Crippen LogP contribution in [0.3, 0.4) is 0 Å². The number of benzene rings is 1. The molecule has 1 N–H and O–H groups in total. The van der Waals surface area contributed by atoms with Gasteiger partial charge < -0.3 is 19.5 Å². The number of amides is 1. The Kier molecular flexibility index (Phi) is 5.29. The van der Waals surface area contributed by atoms with E-state index in [-0.39, 0.29) is 23.4 Å². The Morgan fingerprint density at radius 3 is 2.92 bits per heavy atom. The summed E-state index contributed by atoms with van der Waals surface area (Å²) < 4.78 is 7.13. The zero-order valence-corrected chi connectivity index (χ0v) is 14.4. The second-order valence-corrected chi connectivity index (χ2v) is 6.01. The van der Waals surface area contributed by atoms with E-state index < -0.39 is 0 Å². The topological polar surface area (TPSA) is 100 Å². The number of nitrogens with zero attached hydrogens (tertiary/aromatic N) is 4. The Bertz CT molecular complexity index is 885. The minimum absolute atomic E-state index is 0.100. The van der Waals surface area contributed by atoms with Crippen LogP contribution in [0.5, 0.6) is 0 Å². The van der Waals surface area contributed by atoms with E-state index in [1.165, 1.54) is 4.57 Å². The van der Waals surface area contributed by atoms with Crippen molar-refractivity contribution >= 4 is 11.7 Å². The molecular formula is C18H19N5O3. The fourth-order valence-electron chi connectivity index (χ4n) is 2.73. The lowest BCUT2D eigenvalue weighted by molar-refractivity contribution is -0.0149. The predicted octanol–water partition coefficient (Wildman–Crippen LogP) is 0.605. The number of hydrogen-bond donors (Lipinski definition) is 1. The fraction of sp³-hybridized carbons (Fsp3) is 0.333. The van der Waals surface area contributed by atoms with E-state index in [1.807, 2.05) is 6.07 Å². The summed E-state index contributed by atoms with van der Waals surface area (Å²) >= 11 is 0. The van der Waals surface area contributed by atoms with Gasteiger partial charge in [-0.3, -0.25) is 9.59 Å². The van der Waals surface area contributed by atoms with Crippen LogP contribution in [0.4, 0.5) is 5.82 Å². The molecule has 3 rings (SSSR count). The first-order valence-corrected chi connectivity index (χ1v) is 8.25. The molecule has 1 fully saturated rings. The van der Waals surface area contributed by atoms with Gasteiger partial charge in [-0.2, -0.15) is 5.26 Å². The van der Waals surface area contributed by atoms with Crippen molar-refractivity contribution < 1.29 is 9.53 Å². The predicted molar refractivity (Wildman–Crippen MR) is 94.8 cm³/mol. The third-order valence-electron chi connectivity index (χ3n) is 4.20. The zero-order chi connectivity index (χ0) is 18.5. The Morgan fingerprint density at radius 2 is 2.19 bits per heavy atom. The van der Waals surface area contributed by atoms with Crippen molar-refractivity contribution in [3.63, 3.8) is 0 Å². The third kappa shape index (κ3) is 3.90. The number of nitriles is 1. The van der Waals surface area contributed by atoms with E-state index in [9.17, 15) is 9.59 Å². The van der Waals surface area contributed by atoms with Gasteiger partial charge in [0.15, 0.2) is 5.82 Å². The highest BCUT2D eigenvalue weighted by Gasteiger charge is 2.25. The quantitative estimate of drug-likeness (QED) is 0.864. The smallest absolute Gasteiger partial charge is 0.293 e. The SMILES string of the molecule is Cn1ccnc(NCC2CN(C(=O)c3ccc(C#N)cc3)CCO2)c1=O. The molecule has 0 spiro atoms. The van der Waals surface area contributed by atoms with Crippen molar-refractivity contribution in [1.82, 2.24) is 14.5 Å². The van der Waals surface area contributed by atoms with Crippen molar-refractivity contribution in [2.45, 2.75) is 6.10 Å². The summed E-state index contributed by atoms with van der Waals surface area (Å²) in [5.41, 5.74) is 0.840. The number of hydrogen-bond acceptors (Lipinski definition) is 6. The van der Waals surface area contributed by atoms with E-state index in [0.29, 0.717) is 37.4 Å². The molecule has 1 aliphatic heterocycles. The Balaban J connectivity index is 1.61. The molecule has 1 amide bonds. The van der Waals surface area contributed by atoms with Crippen LogP contribution in [-0.4, -0.2) is 52.7 Å². The van der Waals surface area contributed by atoms with Crippen LogP contribution in [-0.2, 0) is 11.8 Å². The normalized spacial score (nSPS) is 16.8. The summed E-state index contributed by atoms with van der Waals surface area (Å²) in [5, 5.41) is 11.8. The van der Waals surface area contributed by atoms with Crippen LogP contribution in [0.15, 0.2) is 41.5 Å². The first-order valence-electron chi connectivity index (χ1n) is 8.25. The number of morpholine rings is 1. The molecule has 0 aliphatic carbocycles. The van der Waals surface area contributed by atoms with Gasteiger partial charge in [0.1, 0.15) is 0 Å². The molecule has 1 aromatic heterocycles. The lowest BCUT2D eigenvalue weighted by Gasteiger charge is -2.33. The van der Waals surface area contributed by atoms with Gasteiger partial charge in [-0.25, -0.2) is 4.98 Å². The molecule has 0 radical (unpaired) electrons. The average Bonchev–Trinajstić information content (AvgIpc) is 2.69. The fourth-order valence-corrected chi connectivity index (χ4v) is 2.73. The molecular weight excluding hydrogens is 334 g/mol. The van der Waals surface area contributed by atoms with Crippen LogP contribution in [0.25, 0.3) is 0 Å². The molecule has 1 aromatic carbocycles. The molecule has 134 valence electrons. The van der Waals surface area contributed by atoms with Gasteiger partial charge in [0, 0.05) is 44.6 Å². The lowest BCUT2D eigenvalue weighted by atomic mass is 10.1. The highest BCUT2D eigenvalue weighted by Crippen LogP contribution is 2.12. The first kappa shape index (κ1) is 17.6. The van der Waals surface area contributed by atoms with E-state index in [4.69, 9.17) is 10.00 Å². The summed E-state index contributed by atoms with van der Waals surface area (Å²) in [5.74, 6) is 0.158. The van der Waals surface area contributed by atoms with Gasteiger partial charge in [-0.05, 0) is 24.3 Å². The van der Waals surface area contributed by atoms with Crippen LogP contribution >= 0.6 is 0 Å². The molecule has 8 nitrogen and oxygen atoms in total. The summed E-state index contributed by atoms with van der Waals surface area (Å²) in [4.78, 5) is 30.3. The summed E-state index contributed by atoms with van der Waals surface area (Å²) in [6.07, 6.45) is 2.90. The van der Waals surface area contributed by atoms with Gasteiger partial charge in [-0.1, -0.05) is 0 Å². The number of aryl methyl sites for hydroxylation is 1. The summed E-state index contributed by atoms with van der Waals surface area (Å²) in [7, 11) is 1.66. The zero-order valence-electron chi connectivity index (χ0n) is 14.4. The second kappa shape index (κ2) is 7.80. The van der Waals surface area contributed by atoms with E-state index in [0.717, 1.165) is 0 Å². The number of carbonyl (C=O) groups is 1. The number of ether oxygens (including phenoxy) is 1. The van der Waals surface area contributed by atoms with Crippen molar-refractivity contribution in [3.05, 3.63) is 58.1 Å². The Morgan fingerprint density at radius 1 is 1.42 bits per heavy atom. The monoisotopic (exact) mass is 353 g/mol. The van der Waals surface area contributed by atoms with Gasteiger partial charge in [0.25, 0.3) is 11.5 Å². The second-order valence-electron chi connectivity index (χ2n) is 6.01. The minimum Gasteiger partial charge on any atom is -0.373 e. The van der Waals surface area contributed by atoms with Crippen LogP contribution in [0.2, 0.25) is 0 Å². The maximum absolute atomic E-state index is 12.6. The Labute approximate surface area is 150 Å². The largest absolute Gasteiger partial charge is 0.373 e. The summed E-state index contributed by atoms with van der Waals surface area (Å²) in [6.45, 7) is 1.72. The van der Waals surface area contributed by atoms with E-state index in [1.54, 1.807) is 48.6 Å². The maximum atomic E-state index is 12.6. The molecule has 8 heteroatoms. The van der Waals surface area contributed by atoms with Crippen molar-refractivity contribution in [3.8, 4) is 6.07 Å². The molecule has 2 aromatic rings. The molecule has 0 bridgehead atoms. The van der Waals surface area contributed by atoms with Gasteiger partial charge >= 0.3 is 0 Å². The lowest BCUT2D eigenvalue weighted by Crippen LogP contribution is -2.48. The molecule has 1 unspecified atom stereocenters. The first-order chi connectivity index (χ1) is 12.6. The average molecular weight is 353 g/mol. The maximum Gasteiger partial charge on any atom is 0.293 e. The van der Waals surface area contributed by atoms with Gasteiger partial charge in [0.2, 0.25) is 0 Å². The van der Waals surface area contributed by atoms with Crippen molar-refractivity contribution in [2.24, 2.45) is 7.05 Å². The third-order valence-corrected chi connectivity index (χ3v) is 4.20. The van der Waals surface area contributed by atoms with Crippen LogP contribution in [0, 0.1) is 11.3 Å². The van der Waals surface area contributed by atoms with Crippen molar-refractivity contribution in [2.75, 3.05) is 31.6 Å². The van der Waals surface area contributed by atoms with Gasteiger partial charge in [0.05, 0.1) is 24.3 Å². The van der Waals surface area contributed by atoms with Crippen LogP contribution in [0.1, 0.15) is 15.9 Å². The van der Waals surface area contributed by atoms with Crippen molar-refractivity contribution in [1.29, 1.82) is 5.26 Å². The highest BCUT2D eigenvalue weighted by atomic mass is 16.5. The number of rotatable bonds is 4. The molecule has 1 aliphatic rings. The number of nitrogens with one attached hydrogen (secondary N) is 1. The number of anilines is 1. The van der Waals surface area contributed by atoms with E-state index in [2.05, 4.69) is 10.3 Å². The standard InChI is InChI=1S/C18H19N5O3/c1-22-7-6-20-16(18(22)25)21-11-15-12-23(8-9-26-15)17(24)14-4-2-13(10-19)3-5-14/h2-7,15H,8-9,11-12H2,1H3,(H,20,21).